The van der Waals surface area contributed by atoms with Crippen molar-refractivity contribution in [1.82, 2.24) is 10.2 Å². The number of rotatable bonds is 10. The van der Waals surface area contributed by atoms with E-state index in [1.165, 1.54) is 0 Å². The van der Waals surface area contributed by atoms with Crippen molar-refractivity contribution in [3.05, 3.63) is 64.7 Å². The Labute approximate surface area is 201 Å². The number of thioether (sulfide) groups is 1. The molecule has 0 saturated heterocycles. The average Bonchev–Trinajstić information content (AvgIpc) is 3.29. The van der Waals surface area contributed by atoms with Gasteiger partial charge in [0.25, 0.3) is 0 Å². The topological polar surface area (TPSA) is 49.4 Å². The number of hydrogen-bond acceptors (Lipinski definition) is 3. The SMILES string of the molecule is CC[C@H](C(=O)NC1CCCC1)N(Cc1ccccc1C)C(=O)CCSc1ccc(Cl)cc1. The summed E-state index contributed by atoms with van der Waals surface area (Å²) < 4.78 is 0. The minimum absolute atomic E-state index is 0.0168. The van der Waals surface area contributed by atoms with Gasteiger partial charge in [-0.25, -0.2) is 0 Å². The predicted molar refractivity (Wildman–Crippen MR) is 133 cm³/mol. The highest BCUT2D eigenvalue weighted by atomic mass is 35.5. The van der Waals surface area contributed by atoms with Gasteiger partial charge in [-0.3, -0.25) is 9.59 Å². The zero-order valence-corrected chi connectivity index (χ0v) is 20.6. The molecule has 4 nitrogen and oxygen atoms in total. The lowest BCUT2D eigenvalue weighted by Gasteiger charge is -2.32. The first-order chi connectivity index (χ1) is 15.5. The maximum absolute atomic E-state index is 13.4. The summed E-state index contributed by atoms with van der Waals surface area (Å²) in [6.07, 6.45) is 5.37. The van der Waals surface area contributed by atoms with E-state index in [9.17, 15) is 9.59 Å². The van der Waals surface area contributed by atoms with Crippen molar-refractivity contribution >= 4 is 35.2 Å². The number of aryl methyl sites for hydroxylation is 1. The van der Waals surface area contributed by atoms with Crippen LogP contribution in [0.3, 0.4) is 0 Å². The normalized spacial score (nSPS) is 14.8. The summed E-state index contributed by atoms with van der Waals surface area (Å²) in [5.41, 5.74) is 2.21. The van der Waals surface area contributed by atoms with Crippen LogP contribution in [-0.4, -0.2) is 34.6 Å². The fraction of sp³-hybridized carbons (Fsp3) is 0.462. The molecule has 1 N–H and O–H groups in total. The monoisotopic (exact) mass is 472 g/mol. The number of carbonyl (C=O) groups excluding carboxylic acids is 2. The highest BCUT2D eigenvalue weighted by molar-refractivity contribution is 7.99. The van der Waals surface area contributed by atoms with Gasteiger partial charge in [0.05, 0.1) is 0 Å². The van der Waals surface area contributed by atoms with E-state index in [4.69, 9.17) is 11.6 Å². The molecular weight excluding hydrogens is 440 g/mol. The summed E-state index contributed by atoms with van der Waals surface area (Å²) in [6.45, 7) is 4.49. The molecule has 0 radical (unpaired) electrons. The van der Waals surface area contributed by atoms with Gasteiger partial charge in [0.1, 0.15) is 6.04 Å². The molecule has 6 heteroatoms. The van der Waals surface area contributed by atoms with E-state index in [2.05, 4.69) is 5.32 Å². The van der Waals surface area contributed by atoms with Crippen LogP contribution in [0.25, 0.3) is 0 Å². The summed E-state index contributed by atoms with van der Waals surface area (Å²) in [6, 6.07) is 15.5. The molecule has 0 heterocycles. The Balaban J connectivity index is 1.70. The molecule has 2 aromatic rings. The van der Waals surface area contributed by atoms with Crippen molar-refractivity contribution in [3.8, 4) is 0 Å². The Kier molecular flexibility index (Phi) is 9.49. The summed E-state index contributed by atoms with van der Waals surface area (Å²) in [5.74, 6) is 0.653. The third kappa shape index (κ3) is 7.01. The maximum Gasteiger partial charge on any atom is 0.243 e. The summed E-state index contributed by atoms with van der Waals surface area (Å²) in [7, 11) is 0. The van der Waals surface area contributed by atoms with Gasteiger partial charge >= 0.3 is 0 Å². The van der Waals surface area contributed by atoms with Gasteiger partial charge in [-0.2, -0.15) is 0 Å². The van der Waals surface area contributed by atoms with Crippen molar-refractivity contribution in [2.75, 3.05) is 5.75 Å². The van der Waals surface area contributed by atoms with Crippen LogP contribution in [0.2, 0.25) is 5.02 Å². The molecule has 0 spiro atoms. The number of nitrogens with one attached hydrogen (secondary N) is 1. The van der Waals surface area contributed by atoms with Crippen LogP contribution in [0.15, 0.2) is 53.4 Å². The zero-order valence-electron chi connectivity index (χ0n) is 19.0. The molecule has 0 aliphatic heterocycles. The van der Waals surface area contributed by atoms with Crippen LogP contribution >= 0.6 is 23.4 Å². The lowest BCUT2D eigenvalue weighted by molar-refractivity contribution is -0.141. The number of carbonyl (C=O) groups is 2. The van der Waals surface area contributed by atoms with Crippen molar-refractivity contribution in [2.24, 2.45) is 0 Å². The quantitative estimate of drug-likeness (QED) is 0.431. The molecule has 2 amide bonds. The largest absolute Gasteiger partial charge is 0.352 e. The Morgan fingerprint density at radius 3 is 2.47 bits per heavy atom. The third-order valence-corrected chi connectivity index (χ3v) is 7.35. The Bertz CT molecular complexity index is 897. The Morgan fingerprint density at radius 2 is 1.81 bits per heavy atom. The van der Waals surface area contributed by atoms with Crippen LogP contribution in [-0.2, 0) is 16.1 Å². The van der Waals surface area contributed by atoms with Gasteiger partial charge < -0.3 is 10.2 Å². The van der Waals surface area contributed by atoms with Gasteiger partial charge in [-0.05, 0) is 61.6 Å². The average molecular weight is 473 g/mol. The molecule has 1 aliphatic carbocycles. The van der Waals surface area contributed by atoms with Crippen LogP contribution in [0.1, 0.15) is 56.6 Å². The first-order valence-electron chi connectivity index (χ1n) is 11.5. The molecule has 3 rings (SSSR count). The van der Waals surface area contributed by atoms with Crippen molar-refractivity contribution in [3.63, 3.8) is 0 Å². The van der Waals surface area contributed by atoms with E-state index in [0.717, 1.165) is 41.7 Å². The van der Waals surface area contributed by atoms with Crippen LogP contribution in [0.4, 0.5) is 0 Å². The molecule has 0 bridgehead atoms. The van der Waals surface area contributed by atoms with E-state index < -0.39 is 6.04 Å². The molecule has 172 valence electrons. The van der Waals surface area contributed by atoms with E-state index in [0.29, 0.717) is 30.2 Å². The lowest BCUT2D eigenvalue weighted by atomic mass is 10.1. The van der Waals surface area contributed by atoms with Crippen LogP contribution in [0, 0.1) is 6.92 Å². The molecule has 1 fully saturated rings. The van der Waals surface area contributed by atoms with Gasteiger partial charge in [0.15, 0.2) is 0 Å². The van der Waals surface area contributed by atoms with Crippen molar-refractivity contribution in [1.29, 1.82) is 0 Å². The molecule has 0 unspecified atom stereocenters. The van der Waals surface area contributed by atoms with Gasteiger partial charge in [-0.1, -0.05) is 55.6 Å². The number of halogens is 1. The number of benzene rings is 2. The molecule has 0 aromatic heterocycles. The maximum atomic E-state index is 13.4. The number of hydrogen-bond donors (Lipinski definition) is 1. The van der Waals surface area contributed by atoms with Gasteiger partial charge in [0.2, 0.25) is 11.8 Å². The standard InChI is InChI=1S/C26H33ClN2O2S/c1-3-24(26(31)28-22-10-6-7-11-22)29(18-20-9-5-4-8-19(20)2)25(30)16-17-32-23-14-12-21(27)13-15-23/h4-5,8-9,12-15,22,24H,3,6-7,10-11,16-18H2,1-2H3,(H,28,31)/t24-/m1/s1. The summed E-state index contributed by atoms with van der Waals surface area (Å²) >= 11 is 7.59. The Morgan fingerprint density at radius 1 is 1.12 bits per heavy atom. The highest BCUT2D eigenvalue weighted by Gasteiger charge is 2.30. The van der Waals surface area contributed by atoms with Crippen molar-refractivity contribution in [2.45, 2.75) is 75.9 Å². The van der Waals surface area contributed by atoms with E-state index in [1.807, 2.05) is 62.4 Å². The van der Waals surface area contributed by atoms with Crippen LogP contribution < -0.4 is 5.32 Å². The zero-order chi connectivity index (χ0) is 22.9. The first-order valence-corrected chi connectivity index (χ1v) is 12.9. The van der Waals surface area contributed by atoms with E-state index >= 15 is 0 Å². The summed E-state index contributed by atoms with van der Waals surface area (Å²) in [4.78, 5) is 29.4. The molecular formula is C26H33ClN2O2S. The first kappa shape index (κ1) is 24.7. The van der Waals surface area contributed by atoms with E-state index in [1.54, 1.807) is 16.7 Å². The minimum Gasteiger partial charge on any atom is -0.352 e. The second-order valence-electron chi connectivity index (χ2n) is 8.41. The van der Waals surface area contributed by atoms with Gasteiger partial charge in [-0.15, -0.1) is 11.8 Å². The van der Waals surface area contributed by atoms with Crippen molar-refractivity contribution < 1.29 is 9.59 Å². The second kappa shape index (κ2) is 12.3. The van der Waals surface area contributed by atoms with Gasteiger partial charge in [0, 0.05) is 34.7 Å². The molecule has 1 aliphatic rings. The third-order valence-electron chi connectivity index (χ3n) is 6.09. The fourth-order valence-corrected chi connectivity index (χ4v) is 5.16. The lowest BCUT2D eigenvalue weighted by Crippen LogP contribution is -2.51. The fourth-order valence-electron chi connectivity index (χ4n) is 4.19. The molecule has 1 atom stereocenters. The van der Waals surface area contributed by atoms with E-state index in [-0.39, 0.29) is 17.9 Å². The minimum atomic E-state index is -0.455. The second-order valence-corrected chi connectivity index (χ2v) is 10.0. The smallest absolute Gasteiger partial charge is 0.243 e. The number of nitrogens with zero attached hydrogens (tertiary/aromatic N) is 1. The molecule has 2 aromatic carbocycles. The molecule has 32 heavy (non-hydrogen) atoms. The Hall–Kier alpha value is -1.98. The highest BCUT2D eigenvalue weighted by Crippen LogP contribution is 2.23. The molecule has 1 saturated carbocycles. The predicted octanol–water partition coefficient (Wildman–Crippen LogP) is 6.00. The summed E-state index contributed by atoms with van der Waals surface area (Å²) in [5, 5.41) is 3.90. The van der Waals surface area contributed by atoms with Crippen LogP contribution in [0.5, 0.6) is 0 Å². The number of amides is 2.